The van der Waals surface area contributed by atoms with Crippen LogP contribution < -0.4 is 31.9 Å². The summed E-state index contributed by atoms with van der Waals surface area (Å²) in [7, 11) is 0. The Balaban J connectivity index is 1.34. The van der Waals surface area contributed by atoms with Gasteiger partial charge in [-0.15, -0.1) is 11.8 Å². The quantitative estimate of drug-likeness (QED) is 0.118. The molecule has 0 fully saturated rings. The van der Waals surface area contributed by atoms with E-state index in [4.69, 9.17) is 0 Å². The molecule has 3 aliphatic heterocycles. The molecule has 0 saturated carbocycles. The molecule has 312 valence electrons. The monoisotopic (exact) mass is 830 g/mol. The molecule has 4 aromatic rings. The molecule has 0 aliphatic carbocycles. The fourth-order valence-electron chi connectivity index (χ4n) is 7.05. The standard InChI is InChI=1S/C46H50N6O7S/c53-24-23-47-43(56)37-27-32-15-19-35(20-16-32)48-41(54)21-22-42(55)49-40(29-36-12-7-25-60-36)46(59)52-39(28-31-13-17-34(18-14-31)33-10-5-2-6-11-33)45(58)51-38(44(57)50-37)26-30-8-3-1-4-9-30/h1-11,13-20,25,36-40,53H,12,21-24,26-29H2,(H,47,56)(H,48,54)(H,49,55)(H,50,57)(H,51,58)(H,52,59)/t36?,37-,38+,39-,40+/m0/s1. The molecule has 7 N–H and O–H groups in total. The van der Waals surface area contributed by atoms with Crippen molar-refractivity contribution in [3.8, 4) is 11.1 Å². The van der Waals surface area contributed by atoms with Crippen LogP contribution in [0.2, 0.25) is 0 Å². The Morgan fingerprint density at radius 1 is 0.650 bits per heavy atom. The van der Waals surface area contributed by atoms with Gasteiger partial charge in [0.25, 0.3) is 0 Å². The van der Waals surface area contributed by atoms with E-state index < -0.39 is 59.6 Å². The van der Waals surface area contributed by atoms with E-state index in [0.29, 0.717) is 17.7 Å². The number of fused-ring (bicyclic) bond motifs is 18. The third-order valence-corrected chi connectivity index (χ3v) is 11.4. The van der Waals surface area contributed by atoms with Crippen molar-refractivity contribution in [1.82, 2.24) is 26.6 Å². The fraction of sp³-hybridized carbons (Fsp3) is 0.304. The van der Waals surface area contributed by atoms with Crippen LogP contribution >= 0.6 is 11.8 Å². The summed E-state index contributed by atoms with van der Waals surface area (Å²) in [5.74, 6) is -3.32. The second-order valence-corrected chi connectivity index (χ2v) is 16.0. The van der Waals surface area contributed by atoms with Gasteiger partial charge in [-0.05, 0) is 58.2 Å². The third-order valence-electron chi connectivity index (χ3n) is 10.3. The van der Waals surface area contributed by atoms with Gasteiger partial charge in [-0.2, -0.15) is 0 Å². The summed E-state index contributed by atoms with van der Waals surface area (Å²) in [6.07, 6.45) is 2.80. The van der Waals surface area contributed by atoms with E-state index >= 15 is 0 Å². The lowest BCUT2D eigenvalue weighted by atomic mass is 9.98. The summed E-state index contributed by atoms with van der Waals surface area (Å²) < 4.78 is 0. The maximum Gasteiger partial charge on any atom is 0.243 e. The van der Waals surface area contributed by atoms with E-state index in [1.54, 1.807) is 36.0 Å². The van der Waals surface area contributed by atoms with Crippen LogP contribution in [-0.2, 0) is 48.0 Å². The molecular formula is C46H50N6O7S. The molecule has 0 saturated heterocycles. The first-order valence-electron chi connectivity index (χ1n) is 20.1. The molecule has 14 heteroatoms. The molecule has 0 radical (unpaired) electrons. The number of hydrogen-bond acceptors (Lipinski definition) is 8. The molecule has 4 aromatic carbocycles. The minimum absolute atomic E-state index is 0.000999. The highest BCUT2D eigenvalue weighted by Gasteiger charge is 2.33. The van der Waals surface area contributed by atoms with Crippen molar-refractivity contribution < 1.29 is 33.9 Å². The number of hydrogen-bond donors (Lipinski definition) is 7. The van der Waals surface area contributed by atoms with Gasteiger partial charge in [0.2, 0.25) is 35.4 Å². The molecule has 6 amide bonds. The van der Waals surface area contributed by atoms with Crippen molar-refractivity contribution in [2.24, 2.45) is 0 Å². The molecule has 3 heterocycles. The van der Waals surface area contributed by atoms with E-state index in [-0.39, 0.29) is 56.9 Å². The number of carbonyl (C=O) groups is 6. The third kappa shape index (κ3) is 12.9. The van der Waals surface area contributed by atoms with Crippen molar-refractivity contribution in [3.05, 3.63) is 137 Å². The molecule has 0 spiro atoms. The molecule has 2 bridgehead atoms. The maximum absolute atomic E-state index is 14.5. The Kier molecular flexibility index (Phi) is 15.6. The molecule has 5 atom stereocenters. The number of anilines is 1. The van der Waals surface area contributed by atoms with Gasteiger partial charge in [-0.25, -0.2) is 0 Å². The zero-order valence-electron chi connectivity index (χ0n) is 33.1. The predicted octanol–water partition coefficient (Wildman–Crippen LogP) is 3.57. The SMILES string of the molecule is O=C1CCC(=O)N[C@H](CC2CC=CS2)C(=O)N[C@@H](Cc2ccc(-c3ccccc3)cc2)C(=O)N[C@H](Cc2ccccc2)C(=O)N[C@H](C(=O)NCCO)Cc2ccc(cc2)N1. The fourth-order valence-corrected chi connectivity index (χ4v) is 8.02. The summed E-state index contributed by atoms with van der Waals surface area (Å²) >= 11 is 1.55. The summed E-state index contributed by atoms with van der Waals surface area (Å²) in [6.45, 7) is -0.351. The molecule has 60 heavy (non-hydrogen) atoms. The molecule has 13 nitrogen and oxygen atoms in total. The number of rotatable bonds is 10. The zero-order chi connectivity index (χ0) is 42.3. The lowest BCUT2D eigenvalue weighted by Crippen LogP contribution is -2.59. The number of carbonyl (C=O) groups excluding carboxylic acids is 6. The molecule has 0 aromatic heterocycles. The summed E-state index contributed by atoms with van der Waals surface area (Å²) in [4.78, 5) is 82.8. The molecule has 3 aliphatic rings. The van der Waals surface area contributed by atoms with E-state index in [2.05, 4.69) is 31.9 Å². The summed E-state index contributed by atoms with van der Waals surface area (Å²) in [5.41, 5.74) is 4.58. The highest BCUT2D eigenvalue weighted by Crippen LogP contribution is 2.28. The minimum Gasteiger partial charge on any atom is -0.395 e. The molecular weight excluding hydrogens is 781 g/mol. The van der Waals surface area contributed by atoms with Gasteiger partial charge in [-0.3, -0.25) is 28.8 Å². The van der Waals surface area contributed by atoms with Gasteiger partial charge < -0.3 is 37.0 Å². The maximum atomic E-state index is 14.5. The van der Waals surface area contributed by atoms with Crippen molar-refractivity contribution in [2.75, 3.05) is 18.5 Å². The number of amides is 6. The van der Waals surface area contributed by atoms with Gasteiger partial charge in [-0.1, -0.05) is 103 Å². The van der Waals surface area contributed by atoms with Crippen molar-refractivity contribution >= 4 is 52.9 Å². The van der Waals surface area contributed by atoms with Crippen molar-refractivity contribution in [1.29, 1.82) is 0 Å². The number of allylic oxidation sites excluding steroid dienone is 1. The Morgan fingerprint density at radius 2 is 1.23 bits per heavy atom. The van der Waals surface area contributed by atoms with Crippen LogP contribution in [0.1, 0.15) is 42.4 Å². The Bertz CT molecular complexity index is 2130. The van der Waals surface area contributed by atoms with Crippen LogP contribution in [0.3, 0.4) is 0 Å². The topological polar surface area (TPSA) is 195 Å². The van der Waals surface area contributed by atoms with Gasteiger partial charge >= 0.3 is 0 Å². The van der Waals surface area contributed by atoms with Gasteiger partial charge in [0.05, 0.1) is 6.61 Å². The Morgan fingerprint density at radius 3 is 1.87 bits per heavy atom. The Labute approximate surface area is 353 Å². The minimum atomic E-state index is -1.19. The second kappa shape index (κ2) is 21.7. The van der Waals surface area contributed by atoms with Crippen molar-refractivity contribution in [3.63, 3.8) is 0 Å². The van der Waals surface area contributed by atoms with E-state index in [1.807, 2.05) is 96.4 Å². The van der Waals surface area contributed by atoms with Crippen LogP contribution in [-0.4, -0.2) is 83.1 Å². The van der Waals surface area contributed by atoms with Crippen LogP contribution in [0.15, 0.2) is 121 Å². The Hall–Kier alpha value is -6.25. The average molecular weight is 831 g/mol. The zero-order valence-corrected chi connectivity index (χ0v) is 33.9. The molecule has 7 rings (SSSR count). The summed E-state index contributed by atoms with van der Waals surface area (Å²) in [6, 6.07) is 28.8. The van der Waals surface area contributed by atoms with E-state index in [1.165, 1.54) is 0 Å². The number of benzene rings is 4. The normalized spacial score (nSPS) is 21.8. The van der Waals surface area contributed by atoms with Crippen molar-refractivity contribution in [2.45, 2.75) is 74.4 Å². The van der Waals surface area contributed by atoms with E-state index in [9.17, 15) is 33.9 Å². The molecule has 1 unspecified atom stereocenters. The lowest BCUT2D eigenvalue weighted by Gasteiger charge is -2.27. The summed E-state index contributed by atoms with van der Waals surface area (Å²) in [5, 5.41) is 28.2. The van der Waals surface area contributed by atoms with Crippen LogP contribution in [0.4, 0.5) is 5.69 Å². The number of nitrogens with one attached hydrogen (secondary N) is 6. The van der Waals surface area contributed by atoms with Crippen LogP contribution in [0.5, 0.6) is 0 Å². The smallest absolute Gasteiger partial charge is 0.243 e. The second-order valence-electron chi connectivity index (χ2n) is 14.8. The lowest BCUT2D eigenvalue weighted by molar-refractivity contribution is -0.134. The first kappa shape index (κ1) is 43.3. The predicted molar refractivity (Wildman–Crippen MR) is 231 cm³/mol. The van der Waals surface area contributed by atoms with Gasteiger partial charge in [0.15, 0.2) is 0 Å². The average Bonchev–Trinajstić information content (AvgIpc) is 3.78. The number of thioether (sulfide) groups is 1. The first-order valence-corrected chi connectivity index (χ1v) is 21.0. The van der Waals surface area contributed by atoms with Crippen LogP contribution in [0.25, 0.3) is 11.1 Å². The van der Waals surface area contributed by atoms with Gasteiger partial charge in [0, 0.05) is 49.6 Å². The largest absolute Gasteiger partial charge is 0.395 e. The van der Waals surface area contributed by atoms with E-state index in [0.717, 1.165) is 22.3 Å². The number of aliphatic hydroxyl groups excluding tert-OH is 1. The number of aliphatic hydroxyl groups is 1. The highest BCUT2D eigenvalue weighted by atomic mass is 32.2. The van der Waals surface area contributed by atoms with Gasteiger partial charge in [0.1, 0.15) is 24.2 Å². The first-order chi connectivity index (χ1) is 29.1. The van der Waals surface area contributed by atoms with Crippen LogP contribution in [0, 0.1) is 0 Å². The highest BCUT2D eigenvalue weighted by molar-refractivity contribution is 8.03.